The number of benzene rings is 3. The number of nitro benzene ring substituents is 1. The minimum atomic E-state index is -1.08. The van der Waals surface area contributed by atoms with Crippen LogP contribution >= 0.6 is 0 Å². The SMILES string of the molecule is COc1ccc([N+](=O)[O-])cc1N1C(=O)[C@@H]2[C@H](C1=O)[C@H](C(=O)c1ccc(OC(C)=O)cc1)N1c3ccccc3C=C[C@H]21. The Balaban J connectivity index is 1.46. The highest BCUT2D eigenvalue weighted by Crippen LogP contribution is 2.51. The molecule has 2 saturated heterocycles. The van der Waals surface area contributed by atoms with E-state index in [9.17, 15) is 29.3 Å². The van der Waals surface area contributed by atoms with Gasteiger partial charge in [0.1, 0.15) is 23.2 Å². The van der Waals surface area contributed by atoms with Crippen LogP contribution in [0.5, 0.6) is 11.5 Å². The predicted octanol–water partition coefficient (Wildman–Crippen LogP) is 3.80. The van der Waals surface area contributed by atoms with Crippen LogP contribution < -0.4 is 19.3 Å². The van der Waals surface area contributed by atoms with Gasteiger partial charge in [-0.25, -0.2) is 4.90 Å². The Bertz CT molecular complexity index is 1660. The Hall–Kier alpha value is -5.32. The number of rotatable bonds is 6. The molecule has 0 bridgehead atoms. The number of imide groups is 1. The van der Waals surface area contributed by atoms with Crippen molar-refractivity contribution in [2.45, 2.75) is 19.0 Å². The van der Waals surface area contributed by atoms with Gasteiger partial charge >= 0.3 is 5.97 Å². The Morgan fingerprint density at radius 2 is 1.63 bits per heavy atom. The van der Waals surface area contributed by atoms with Crippen molar-refractivity contribution in [3.8, 4) is 11.5 Å². The smallest absolute Gasteiger partial charge is 0.308 e. The van der Waals surface area contributed by atoms with Gasteiger partial charge in [0.15, 0.2) is 5.78 Å². The van der Waals surface area contributed by atoms with Crippen molar-refractivity contribution >= 4 is 46.7 Å². The fourth-order valence-electron chi connectivity index (χ4n) is 6.04. The average Bonchev–Trinajstić information content (AvgIpc) is 3.44. The standard InChI is InChI=1S/C30H23N3O8/c1-16(34)41-20-11-7-18(8-12-20)28(35)27-26-25(22-13-9-17-5-3-4-6-21(17)31(22)27)29(36)32(30(26)37)23-15-19(33(38)39)10-14-24(23)40-2/h3-15,22,25-27H,1-2H3/t22-,25+,26+,27-/m1/s1. The maximum Gasteiger partial charge on any atom is 0.308 e. The van der Waals surface area contributed by atoms with Crippen LogP contribution in [0, 0.1) is 22.0 Å². The minimum Gasteiger partial charge on any atom is -0.495 e. The normalized spacial score (nSPS) is 22.2. The molecule has 3 aliphatic heterocycles. The Kier molecular flexibility index (Phi) is 6.14. The molecular weight excluding hydrogens is 530 g/mol. The van der Waals surface area contributed by atoms with Gasteiger partial charge in [-0.05, 0) is 42.0 Å². The molecule has 0 aliphatic carbocycles. The van der Waals surface area contributed by atoms with Crippen molar-refractivity contribution in [3.63, 3.8) is 0 Å². The molecule has 3 aromatic rings. The number of Topliss-reactive ketones (excluding diaryl/α,β-unsaturated/α-hetero) is 1. The Morgan fingerprint density at radius 3 is 2.32 bits per heavy atom. The van der Waals surface area contributed by atoms with Crippen LogP contribution in [0.2, 0.25) is 0 Å². The molecule has 11 heteroatoms. The molecule has 3 aliphatic rings. The number of anilines is 2. The fraction of sp³-hybridized carbons (Fsp3) is 0.200. The van der Waals surface area contributed by atoms with E-state index in [0.717, 1.165) is 16.5 Å². The summed E-state index contributed by atoms with van der Waals surface area (Å²) >= 11 is 0. The van der Waals surface area contributed by atoms with E-state index in [4.69, 9.17) is 9.47 Å². The summed E-state index contributed by atoms with van der Waals surface area (Å²) in [7, 11) is 1.34. The van der Waals surface area contributed by atoms with Gasteiger partial charge in [0.2, 0.25) is 11.8 Å². The molecule has 0 spiro atoms. The highest BCUT2D eigenvalue weighted by Gasteiger charge is 2.64. The number of fused-ring (bicyclic) bond motifs is 5. The third-order valence-corrected chi connectivity index (χ3v) is 7.70. The number of amides is 2. The predicted molar refractivity (Wildman–Crippen MR) is 147 cm³/mol. The van der Waals surface area contributed by atoms with Crippen molar-refractivity contribution in [3.05, 3.63) is 94.0 Å². The van der Waals surface area contributed by atoms with E-state index in [1.165, 1.54) is 50.4 Å². The lowest BCUT2D eigenvalue weighted by Crippen LogP contribution is -2.48. The molecule has 6 rings (SSSR count). The number of methoxy groups -OCH3 is 1. The largest absolute Gasteiger partial charge is 0.495 e. The number of nitrogens with zero attached hydrogens (tertiary/aromatic N) is 3. The number of nitro groups is 1. The lowest BCUT2D eigenvalue weighted by molar-refractivity contribution is -0.384. The van der Waals surface area contributed by atoms with Gasteiger partial charge < -0.3 is 14.4 Å². The molecule has 3 aromatic carbocycles. The number of ether oxygens (including phenoxy) is 2. The van der Waals surface area contributed by atoms with E-state index in [2.05, 4.69) is 0 Å². The van der Waals surface area contributed by atoms with E-state index in [1.807, 2.05) is 41.3 Å². The minimum absolute atomic E-state index is 0.0465. The summed E-state index contributed by atoms with van der Waals surface area (Å²) in [4.78, 5) is 67.3. The molecule has 0 radical (unpaired) electrons. The third kappa shape index (κ3) is 4.05. The second-order valence-electron chi connectivity index (χ2n) is 9.92. The van der Waals surface area contributed by atoms with Crippen LogP contribution in [-0.2, 0) is 14.4 Å². The summed E-state index contributed by atoms with van der Waals surface area (Å²) in [6.45, 7) is 1.27. The van der Waals surface area contributed by atoms with E-state index < -0.39 is 52.4 Å². The molecule has 4 atom stereocenters. The second-order valence-corrected chi connectivity index (χ2v) is 9.92. The van der Waals surface area contributed by atoms with Crippen LogP contribution in [0.4, 0.5) is 17.1 Å². The first-order valence-corrected chi connectivity index (χ1v) is 12.8. The monoisotopic (exact) mass is 553 g/mol. The molecular formula is C30H23N3O8. The van der Waals surface area contributed by atoms with E-state index in [-0.39, 0.29) is 28.4 Å². The second kappa shape index (κ2) is 9.70. The van der Waals surface area contributed by atoms with Gasteiger partial charge in [-0.2, -0.15) is 0 Å². The molecule has 3 heterocycles. The number of hydrogen-bond acceptors (Lipinski definition) is 9. The quantitative estimate of drug-likeness (QED) is 0.111. The lowest BCUT2D eigenvalue weighted by atomic mass is 9.86. The van der Waals surface area contributed by atoms with E-state index >= 15 is 0 Å². The van der Waals surface area contributed by atoms with Crippen molar-refractivity contribution in [2.75, 3.05) is 16.9 Å². The number of para-hydroxylation sites is 1. The molecule has 41 heavy (non-hydrogen) atoms. The van der Waals surface area contributed by atoms with Crippen LogP contribution in [0.15, 0.2) is 72.8 Å². The van der Waals surface area contributed by atoms with E-state index in [1.54, 1.807) is 0 Å². The number of esters is 1. The highest BCUT2D eigenvalue weighted by atomic mass is 16.6. The van der Waals surface area contributed by atoms with Crippen LogP contribution in [0.3, 0.4) is 0 Å². The van der Waals surface area contributed by atoms with Gasteiger partial charge in [-0.3, -0.25) is 29.3 Å². The summed E-state index contributed by atoms with van der Waals surface area (Å²) < 4.78 is 10.4. The summed E-state index contributed by atoms with van der Waals surface area (Å²) in [6.07, 6.45) is 3.68. The van der Waals surface area contributed by atoms with Crippen LogP contribution in [-0.4, -0.2) is 47.7 Å². The number of non-ortho nitro benzene ring substituents is 1. The van der Waals surface area contributed by atoms with Gasteiger partial charge in [-0.15, -0.1) is 0 Å². The summed E-state index contributed by atoms with van der Waals surface area (Å²) in [5, 5.41) is 11.5. The maximum atomic E-state index is 14.2. The summed E-state index contributed by atoms with van der Waals surface area (Å²) in [5.74, 6) is -3.74. The van der Waals surface area contributed by atoms with E-state index in [0.29, 0.717) is 5.69 Å². The zero-order valence-corrected chi connectivity index (χ0v) is 21.9. The molecule has 206 valence electrons. The number of ketones is 1. The van der Waals surface area contributed by atoms with Crippen molar-refractivity contribution < 1.29 is 33.6 Å². The first kappa shape index (κ1) is 25.9. The Labute approximate surface area is 233 Å². The average molecular weight is 554 g/mol. The first-order chi connectivity index (χ1) is 19.7. The van der Waals surface area contributed by atoms with Crippen molar-refractivity contribution in [2.24, 2.45) is 11.8 Å². The number of carbonyl (C=O) groups excluding carboxylic acids is 4. The molecule has 0 saturated carbocycles. The van der Waals surface area contributed by atoms with Crippen LogP contribution in [0.25, 0.3) is 6.08 Å². The van der Waals surface area contributed by atoms with Crippen LogP contribution in [0.1, 0.15) is 22.8 Å². The Morgan fingerprint density at radius 1 is 0.927 bits per heavy atom. The molecule has 2 fully saturated rings. The fourth-order valence-corrected chi connectivity index (χ4v) is 6.04. The topological polar surface area (TPSA) is 136 Å². The van der Waals surface area contributed by atoms with Gasteiger partial charge in [0.05, 0.1) is 29.9 Å². The number of hydrogen-bond donors (Lipinski definition) is 0. The highest BCUT2D eigenvalue weighted by molar-refractivity contribution is 6.26. The summed E-state index contributed by atoms with van der Waals surface area (Å²) in [6, 6.07) is 15.4. The van der Waals surface area contributed by atoms with Gasteiger partial charge in [0, 0.05) is 30.3 Å². The molecule has 0 unspecified atom stereocenters. The summed E-state index contributed by atoms with van der Waals surface area (Å²) in [5.41, 5.74) is 1.46. The number of carbonyl (C=O) groups is 4. The van der Waals surface area contributed by atoms with Gasteiger partial charge in [-0.1, -0.05) is 30.4 Å². The maximum absolute atomic E-state index is 14.2. The molecule has 2 amide bonds. The molecule has 11 nitrogen and oxygen atoms in total. The molecule has 0 N–H and O–H groups in total. The lowest BCUT2D eigenvalue weighted by Gasteiger charge is -2.36. The van der Waals surface area contributed by atoms with Crippen molar-refractivity contribution in [1.29, 1.82) is 0 Å². The first-order valence-electron chi connectivity index (χ1n) is 12.8. The zero-order valence-electron chi connectivity index (χ0n) is 21.9. The third-order valence-electron chi connectivity index (χ3n) is 7.70. The molecule has 0 aromatic heterocycles. The van der Waals surface area contributed by atoms with Gasteiger partial charge in [0.25, 0.3) is 5.69 Å². The zero-order chi connectivity index (χ0) is 29.0. The van der Waals surface area contributed by atoms with Crippen molar-refractivity contribution in [1.82, 2.24) is 0 Å².